The number of carbonyl (C=O) groups is 1. The van der Waals surface area contributed by atoms with Crippen molar-refractivity contribution >= 4 is 39.9 Å². The molecule has 24 heavy (non-hydrogen) atoms. The fourth-order valence-electron chi connectivity index (χ4n) is 1.86. The van der Waals surface area contributed by atoms with E-state index in [4.69, 9.17) is 17.3 Å². The zero-order valence-corrected chi connectivity index (χ0v) is 16.6. The first kappa shape index (κ1) is 23.1. The van der Waals surface area contributed by atoms with Gasteiger partial charge in [-0.15, -0.1) is 12.4 Å². The van der Waals surface area contributed by atoms with Crippen LogP contribution in [0.15, 0.2) is 29.2 Å². The third kappa shape index (κ3) is 5.60. The maximum atomic E-state index is 12.4. The molecule has 1 atom stereocenters. The SMILES string of the molecule is CC(C)C(C)(CN)NC(=O)CN(C)S(=O)(=O)c1ccc(Cl)cc1.Cl. The van der Waals surface area contributed by atoms with Crippen molar-refractivity contribution in [3.8, 4) is 0 Å². The average Bonchev–Trinajstić information content (AvgIpc) is 2.47. The molecule has 0 aliphatic carbocycles. The van der Waals surface area contributed by atoms with E-state index >= 15 is 0 Å². The van der Waals surface area contributed by atoms with Crippen molar-refractivity contribution in [1.29, 1.82) is 0 Å². The number of carbonyl (C=O) groups excluding carboxylic acids is 1. The second-order valence-corrected chi connectivity index (χ2v) is 8.52. The molecule has 0 aromatic heterocycles. The molecule has 1 amide bonds. The van der Waals surface area contributed by atoms with Crippen molar-refractivity contribution in [2.24, 2.45) is 11.7 Å². The predicted molar refractivity (Wildman–Crippen MR) is 99.0 cm³/mol. The molecular formula is C15H25Cl2N3O3S. The van der Waals surface area contributed by atoms with Gasteiger partial charge in [-0.3, -0.25) is 4.79 Å². The number of sulfonamides is 1. The highest BCUT2D eigenvalue weighted by molar-refractivity contribution is 7.89. The van der Waals surface area contributed by atoms with E-state index in [0.29, 0.717) is 5.02 Å². The highest BCUT2D eigenvalue weighted by Crippen LogP contribution is 2.18. The number of nitrogens with zero attached hydrogens (tertiary/aromatic N) is 1. The van der Waals surface area contributed by atoms with Crippen LogP contribution in [0.25, 0.3) is 0 Å². The summed E-state index contributed by atoms with van der Waals surface area (Å²) in [5.74, 6) is -0.277. The molecule has 1 rings (SSSR count). The summed E-state index contributed by atoms with van der Waals surface area (Å²) in [7, 11) is -2.39. The smallest absolute Gasteiger partial charge is 0.243 e. The van der Waals surface area contributed by atoms with Gasteiger partial charge < -0.3 is 11.1 Å². The highest BCUT2D eigenvalue weighted by Gasteiger charge is 2.30. The fraction of sp³-hybridized carbons (Fsp3) is 0.533. The van der Waals surface area contributed by atoms with Crippen LogP contribution in [0, 0.1) is 5.92 Å². The van der Waals surface area contributed by atoms with Crippen molar-refractivity contribution in [2.75, 3.05) is 20.1 Å². The molecule has 0 radical (unpaired) electrons. The summed E-state index contributed by atoms with van der Waals surface area (Å²) in [6.45, 7) is 5.71. The van der Waals surface area contributed by atoms with E-state index in [9.17, 15) is 13.2 Å². The molecule has 0 fully saturated rings. The minimum atomic E-state index is -3.75. The fourth-order valence-corrected chi connectivity index (χ4v) is 3.12. The molecule has 138 valence electrons. The van der Waals surface area contributed by atoms with E-state index in [0.717, 1.165) is 4.31 Å². The normalized spacial score (nSPS) is 14.2. The zero-order chi connectivity index (χ0) is 17.8. The van der Waals surface area contributed by atoms with Crippen LogP contribution in [-0.2, 0) is 14.8 Å². The molecule has 9 heteroatoms. The van der Waals surface area contributed by atoms with Crippen LogP contribution in [0.1, 0.15) is 20.8 Å². The molecule has 0 bridgehead atoms. The molecule has 3 N–H and O–H groups in total. The molecule has 1 aromatic rings. The molecule has 0 aliphatic heterocycles. The number of nitrogens with two attached hydrogens (primary N) is 1. The predicted octanol–water partition coefficient (Wildman–Crippen LogP) is 1.87. The lowest BCUT2D eigenvalue weighted by Gasteiger charge is -2.34. The van der Waals surface area contributed by atoms with E-state index in [1.807, 2.05) is 20.8 Å². The van der Waals surface area contributed by atoms with Crippen LogP contribution in [0.5, 0.6) is 0 Å². The number of hydrogen-bond acceptors (Lipinski definition) is 4. The van der Waals surface area contributed by atoms with Crippen molar-refractivity contribution < 1.29 is 13.2 Å². The summed E-state index contributed by atoms with van der Waals surface area (Å²) in [4.78, 5) is 12.3. The standard InChI is InChI=1S/C15H24ClN3O3S.ClH/c1-11(2)15(3,10-17)18-14(20)9-19(4)23(21,22)13-7-5-12(16)6-8-13;/h5-8,11H,9-10,17H2,1-4H3,(H,18,20);1H. The summed E-state index contributed by atoms with van der Waals surface area (Å²) in [6, 6.07) is 5.80. The van der Waals surface area contributed by atoms with Gasteiger partial charge in [-0.1, -0.05) is 25.4 Å². The molecular weight excluding hydrogens is 373 g/mol. The van der Waals surface area contributed by atoms with Crippen LogP contribution >= 0.6 is 24.0 Å². The second kappa shape index (κ2) is 9.01. The molecule has 0 aliphatic rings. The lowest BCUT2D eigenvalue weighted by atomic mass is 9.88. The Kier molecular flexibility index (Phi) is 8.69. The third-order valence-electron chi connectivity index (χ3n) is 4.01. The van der Waals surface area contributed by atoms with Crippen molar-refractivity contribution in [1.82, 2.24) is 9.62 Å². The average molecular weight is 398 g/mol. The van der Waals surface area contributed by atoms with Gasteiger partial charge in [0.05, 0.1) is 17.0 Å². The minimum Gasteiger partial charge on any atom is -0.348 e. The Hall–Kier alpha value is -0.860. The molecule has 6 nitrogen and oxygen atoms in total. The summed E-state index contributed by atoms with van der Waals surface area (Å²) in [6.07, 6.45) is 0. The van der Waals surface area contributed by atoms with Gasteiger partial charge in [0.25, 0.3) is 0 Å². The number of benzene rings is 1. The topological polar surface area (TPSA) is 92.5 Å². The Morgan fingerprint density at radius 1 is 1.33 bits per heavy atom. The van der Waals surface area contributed by atoms with Gasteiger partial charge in [-0.05, 0) is 37.1 Å². The summed E-state index contributed by atoms with van der Waals surface area (Å²) in [5.41, 5.74) is 5.14. The molecule has 0 saturated carbocycles. The van der Waals surface area contributed by atoms with Crippen LogP contribution in [0.3, 0.4) is 0 Å². The first-order valence-corrected chi connectivity index (χ1v) is 9.07. The maximum absolute atomic E-state index is 12.4. The third-order valence-corrected chi connectivity index (χ3v) is 6.08. The Morgan fingerprint density at radius 2 is 1.83 bits per heavy atom. The first-order valence-electron chi connectivity index (χ1n) is 7.26. The largest absolute Gasteiger partial charge is 0.348 e. The Balaban J connectivity index is 0.00000529. The number of nitrogens with one attached hydrogen (secondary N) is 1. The molecule has 0 heterocycles. The van der Waals surface area contributed by atoms with Crippen molar-refractivity contribution in [2.45, 2.75) is 31.2 Å². The number of rotatable bonds is 7. The second-order valence-electron chi connectivity index (χ2n) is 6.04. The number of halogens is 2. The lowest BCUT2D eigenvalue weighted by molar-refractivity contribution is -0.123. The van der Waals surface area contributed by atoms with Gasteiger partial charge in [0.2, 0.25) is 15.9 Å². The van der Waals surface area contributed by atoms with Gasteiger partial charge in [0, 0.05) is 18.6 Å². The minimum absolute atomic E-state index is 0. The van der Waals surface area contributed by atoms with Gasteiger partial charge in [0.1, 0.15) is 0 Å². The molecule has 1 aromatic carbocycles. The van der Waals surface area contributed by atoms with Crippen LogP contribution in [0.4, 0.5) is 0 Å². The Labute approximate surface area is 155 Å². The van der Waals surface area contributed by atoms with E-state index < -0.39 is 21.5 Å². The van der Waals surface area contributed by atoms with Gasteiger partial charge in [0.15, 0.2) is 0 Å². The van der Waals surface area contributed by atoms with E-state index in [1.165, 1.54) is 31.3 Å². The van der Waals surface area contributed by atoms with Crippen LogP contribution in [-0.4, -0.2) is 44.3 Å². The number of amides is 1. The summed E-state index contributed by atoms with van der Waals surface area (Å²) >= 11 is 5.76. The Bertz CT molecular complexity index is 650. The summed E-state index contributed by atoms with van der Waals surface area (Å²) < 4.78 is 25.9. The van der Waals surface area contributed by atoms with Gasteiger partial charge in [-0.2, -0.15) is 4.31 Å². The first-order chi connectivity index (χ1) is 10.5. The van der Waals surface area contributed by atoms with E-state index in [2.05, 4.69) is 5.32 Å². The number of hydrogen-bond donors (Lipinski definition) is 2. The molecule has 1 unspecified atom stereocenters. The maximum Gasteiger partial charge on any atom is 0.243 e. The Morgan fingerprint density at radius 3 is 2.25 bits per heavy atom. The highest BCUT2D eigenvalue weighted by atomic mass is 35.5. The summed E-state index contributed by atoms with van der Waals surface area (Å²) in [5, 5.41) is 3.26. The van der Waals surface area contributed by atoms with Crippen molar-refractivity contribution in [3.63, 3.8) is 0 Å². The molecule has 0 saturated heterocycles. The quantitative estimate of drug-likeness (QED) is 0.734. The van der Waals surface area contributed by atoms with Crippen LogP contribution in [0.2, 0.25) is 5.02 Å². The van der Waals surface area contributed by atoms with E-state index in [-0.39, 0.29) is 36.3 Å². The van der Waals surface area contributed by atoms with Crippen molar-refractivity contribution in [3.05, 3.63) is 29.3 Å². The van der Waals surface area contributed by atoms with Gasteiger partial charge in [-0.25, -0.2) is 8.42 Å². The molecule has 0 spiro atoms. The van der Waals surface area contributed by atoms with Crippen LogP contribution < -0.4 is 11.1 Å². The monoisotopic (exact) mass is 397 g/mol. The lowest BCUT2D eigenvalue weighted by Crippen LogP contribution is -2.56. The van der Waals surface area contributed by atoms with Gasteiger partial charge >= 0.3 is 0 Å². The zero-order valence-electron chi connectivity index (χ0n) is 14.2. The van der Waals surface area contributed by atoms with E-state index in [1.54, 1.807) is 0 Å². The number of likely N-dealkylation sites (N-methyl/N-ethyl adjacent to an activating group) is 1.